The SMILES string of the molecule is CCNC(=NCc1ccc(F)c(C)c1)NCCN1CCCN(C)CC1. The van der Waals surface area contributed by atoms with Crippen molar-refractivity contribution in [2.75, 3.05) is 52.9 Å². The van der Waals surface area contributed by atoms with E-state index in [0.29, 0.717) is 12.1 Å². The largest absolute Gasteiger partial charge is 0.357 e. The van der Waals surface area contributed by atoms with Crippen LogP contribution in [0.4, 0.5) is 4.39 Å². The predicted molar refractivity (Wildman–Crippen MR) is 103 cm³/mol. The number of hydrogen-bond acceptors (Lipinski definition) is 3. The molecule has 0 radical (unpaired) electrons. The second kappa shape index (κ2) is 10.4. The molecule has 0 amide bonds. The van der Waals surface area contributed by atoms with Crippen LogP contribution in [0.25, 0.3) is 0 Å². The van der Waals surface area contributed by atoms with Crippen molar-refractivity contribution >= 4 is 5.96 Å². The first-order valence-electron chi connectivity index (χ1n) is 9.26. The number of aryl methyl sites for hydroxylation is 1. The van der Waals surface area contributed by atoms with E-state index < -0.39 is 0 Å². The molecule has 0 unspecified atom stereocenters. The monoisotopic (exact) mass is 349 g/mol. The fraction of sp³-hybridized carbons (Fsp3) is 0.632. The van der Waals surface area contributed by atoms with Crippen LogP contribution in [0.3, 0.4) is 0 Å². The van der Waals surface area contributed by atoms with Crippen molar-refractivity contribution in [3.63, 3.8) is 0 Å². The highest BCUT2D eigenvalue weighted by molar-refractivity contribution is 5.79. The Balaban J connectivity index is 1.81. The van der Waals surface area contributed by atoms with Gasteiger partial charge < -0.3 is 20.4 Å². The van der Waals surface area contributed by atoms with E-state index in [4.69, 9.17) is 0 Å². The van der Waals surface area contributed by atoms with Crippen LogP contribution in [0.5, 0.6) is 0 Å². The van der Waals surface area contributed by atoms with E-state index in [1.807, 2.05) is 6.07 Å². The molecule has 6 heteroatoms. The molecule has 1 aliphatic heterocycles. The van der Waals surface area contributed by atoms with Gasteiger partial charge in [-0.2, -0.15) is 0 Å². The van der Waals surface area contributed by atoms with Gasteiger partial charge in [0.1, 0.15) is 5.82 Å². The lowest BCUT2D eigenvalue weighted by Gasteiger charge is -2.21. The number of hydrogen-bond donors (Lipinski definition) is 2. The highest BCUT2D eigenvalue weighted by Crippen LogP contribution is 2.10. The zero-order valence-electron chi connectivity index (χ0n) is 15.8. The van der Waals surface area contributed by atoms with Gasteiger partial charge in [0.25, 0.3) is 0 Å². The molecule has 1 aromatic carbocycles. The Morgan fingerprint density at radius 3 is 2.80 bits per heavy atom. The number of nitrogens with zero attached hydrogens (tertiary/aromatic N) is 3. The highest BCUT2D eigenvalue weighted by atomic mass is 19.1. The van der Waals surface area contributed by atoms with E-state index in [1.54, 1.807) is 13.0 Å². The minimum atomic E-state index is -0.166. The lowest BCUT2D eigenvalue weighted by atomic mass is 10.1. The zero-order chi connectivity index (χ0) is 18.1. The normalized spacial score (nSPS) is 17.4. The molecule has 0 bridgehead atoms. The Bertz CT molecular complexity index is 561. The average molecular weight is 349 g/mol. The van der Waals surface area contributed by atoms with Gasteiger partial charge in [0.05, 0.1) is 6.54 Å². The van der Waals surface area contributed by atoms with Gasteiger partial charge >= 0.3 is 0 Å². The molecule has 2 N–H and O–H groups in total. The Hall–Kier alpha value is -1.66. The minimum Gasteiger partial charge on any atom is -0.357 e. The van der Waals surface area contributed by atoms with E-state index in [1.165, 1.54) is 19.0 Å². The van der Waals surface area contributed by atoms with E-state index >= 15 is 0 Å². The fourth-order valence-corrected chi connectivity index (χ4v) is 2.97. The van der Waals surface area contributed by atoms with Crippen molar-refractivity contribution in [3.05, 3.63) is 35.1 Å². The topological polar surface area (TPSA) is 42.9 Å². The van der Waals surface area contributed by atoms with Gasteiger partial charge in [0.15, 0.2) is 5.96 Å². The van der Waals surface area contributed by atoms with Crippen molar-refractivity contribution in [1.82, 2.24) is 20.4 Å². The van der Waals surface area contributed by atoms with Crippen LogP contribution < -0.4 is 10.6 Å². The van der Waals surface area contributed by atoms with Crippen LogP contribution in [-0.4, -0.2) is 68.6 Å². The van der Waals surface area contributed by atoms with Crippen LogP contribution in [0, 0.1) is 12.7 Å². The number of benzene rings is 1. The third-order valence-electron chi connectivity index (χ3n) is 4.52. The van der Waals surface area contributed by atoms with Crippen LogP contribution >= 0.6 is 0 Å². The Morgan fingerprint density at radius 1 is 1.20 bits per heavy atom. The first kappa shape index (κ1) is 19.7. The maximum atomic E-state index is 13.3. The average Bonchev–Trinajstić information content (AvgIpc) is 2.80. The third kappa shape index (κ3) is 7.00. The first-order valence-corrected chi connectivity index (χ1v) is 9.26. The molecule has 5 nitrogen and oxygen atoms in total. The molecule has 140 valence electrons. The molecule has 1 fully saturated rings. The van der Waals surface area contributed by atoms with Gasteiger partial charge in [-0.1, -0.05) is 12.1 Å². The standard InChI is InChI=1S/C19H32FN5/c1-4-21-19(23-15-17-6-7-18(20)16(2)14-17)22-8-11-25-10-5-9-24(3)12-13-25/h6-7,14H,4-5,8-13,15H2,1-3H3,(H2,21,22,23). The molecule has 1 aliphatic rings. The molecule has 0 atom stereocenters. The van der Waals surface area contributed by atoms with Crippen LogP contribution in [0.15, 0.2) is 23.2 Å². The summed E-state index contributed by atoms with van der Waals surface area (Å²) in [5.41, 5.74) is 1.68. The Morgan fingerprint density at radius 2 is 2.04 bits per heavy atom. The molecule has 1 saturated heterocycles. The fourth-order valence-electron chi connectivity index (χ4n) is 2.97. The summed E-state index contributed by atoms with van der Waals surface area (Å²) in [4.78, 5) is 9.51. The number of halogens is 1. The Kier molecular flexibility index (Phi) is 8.15. The summed E-state index contributed by atoms with van der Waals surface area (Å²) in [7, 11) is 2.19. The predicted octanol–water partition coefficient (Wildman–Crippen LogP) is 1.83. The summed E-state index contributed by atoms with van der Waals surface area (Å²) in [6, 6.07) is 5.16. The van der Waals surface area contributed by atoms with Crippen molar-refractivity contribution in [1.29, 1.82) is 0 Å². The molecule has 1 heterocycles. The molecular weight excluding hydrogens is 317 g/mol. The molecule has 0 saturated carbocycles. The van der Waals surface area contributed by atoms with Crippen molar-refractivity contribution in [3.8, 4) is 0 Å². The summed E-state index contributed by atoms with van der Waals surface area (Å²) in [6.45, 7) is 11.7. The summed E-state index contributed by atoms with van der Waals surface area (Å²) in [6.07, 6.45) is 1.23. The molecule has 0 spiro atoms. The number of rotatable bonds is 6. The first-order chi connectivity index (χ1) is 12.1. The number of nitrogens with one attached hydrogen (secondary N) is 2. The molecule has 25 heavy (non-hydrogen) atoms. The smallest absolute Gasteiger partial charge is 0.191 e. The van der Waals surface area contributed by atoms with Gasteiger partial charge in [-0.3, -0.25) is 0 Å². The summed E-state index contributed by atoms with van der Waals surface area (Å²) >= 11 is 0. The zero-order valence-corrected chi connectivity index (χ0v) is 15.8. The van der Waals surface area contributed by atoms with Gasteiger partial charge in [-0.05, 0) is 57.6 Å². The van der Waals surface area contributed by atoms with Crippen LogP contribution in [-0.2, 0) is 6.54 Å². The second-order valence-electron chi connectivity index (χ2n) is 6.70. The van der Waals surface area contributed by atoms with Crippen molar-refractivity contribution < 1.29 is 4.39 Å². The lowest BCUT2D eigenvalue weighted by molar-refractivity contribution is 0.280. The molecular formula is C19H32FN5. The van der Waals surface area contributed by atoms with Gasteiger partial charge in [0, 0.05) is 32.7 Å². The molecule has 1 aromatic rings. The quantitative estimate of drug-likeness (QED) is 0.607. The maximum Gasteiger partial charge on any atom is 0.191 e. The molecule has 0 aliphatic carbocycles. The second-order valence-corrected chi connectivity index (χ2v) is 6.70. The summed E-state index contributed by atoms with van der Waals surface area (Å²) in [5, 5.41) is 6.68. The third-order valence-corrected chi connectivity index (χ3v) is 4.52. The Labute approximate surface area is 151 Å². The number of aliphatic imine (C=N–C) groups is 1. The molecule has 2 rings (SSSR count). The van der Waals surface area contributed by atoms with Crippen LogP contribution in [0.1, 0.15) is 24.5 Å². The number of guanidine groups is 1. The maximum absolute atomic E-state index is 13.3. The van der Waals surface area contributed by atoms with Crippen molar-refractivity contribution in [2.24, 2.45) is 4.99 Å². The van der Waals surface area contributed by atoms with Crippen molar-refractivity contribution in [2.45, 2.75) is 26.8 Å². The highest BCUT2D eigenvalue weighted by Gasteiger charge is 2.11. The van der Waals surface area contributed by atoms with Gasteiger partial charge in [0.2, 0.25) is 0 Å². The minimum absolute atomic E-state index is 0.166. The van der Waals surface area contributed by atoms with Gasteiger partial charge in [-0.15, -0.1) is 0 Å². The van der Waals surface area contributed by atoms with E-state index in [2.05, 4.69) is 39.4 Å². The summed E-state index contributed by atoms with van der Waals surface area (Å²) in [5.74, 6) is 0.650. The lowest BCUT2D eigenvalue weighted by Crippen LogP contribution is -2.42. The molecule has 0 aromatic heterocycles. The van der Waals surface area contributed by atoms with Crippen LogP contribution in [0.2, 0.25) is 0 Å². The number of likely N-dealkylation sites (N-methyl/N-ethyl adjacent to an activating group) is 1. The van der Waals surface area contributed by atoms with E-state index in [0.717, 1.165) is 50.8 Å². The van der Waals surface area contributed by atoms with E-state index in [9.17, 15) is 4.39 Å². The summed E-state index contributed by atoms with van der Waals surface area (Å²) < 4.78 is 13.3. The van der Waals surface area contributed by atoms with E-state index in [-0.39, 0.29) is 5.82 Å². The van der Waals surface area contributed by atoms with Gasteiger partial charge in [-0.25, -0.2) is 9.38 Å².